The molecule has 0 rings (SSSR count). The Hall–Kier alpha value is -1.77. The zero-order valence-electron chi connectivity index (χ0n) is 6.19. The molecule has 0 heterocycles. The Morgan fingerprint density at radius 1 is 0.750 bits per heavy atom. The lowest BCUT2D eigenvalue weighted by Gasteiger charge is -1.68. The molecule has 12 heavy (non-hydrogen) atoms. The summed E-state index contributed by atoms with van der Waals surface area (Å²) in [6, 6.07) is -1.67. The first-order chi connectivity index (χ1) is 5.20. The Morgan fingerprint density at radius 2 is 0.750 bits per heavy atom. The van der Waals surface area contributed by atoms with Crippen LogP contribution < -0.4 is 34.4 Å². The van der Waals surface area contributed by atoms with Crippen LogP contribution in [-0.2, 0) is 0 Å². The van der Waals surface area contributed by atoms with Crippen molar-refractivity contribution in [2.24, 2.45) is 34.4 Å². The molecule has 0 aromatic rings. The molecule has 9 heteroatoms. The molecule has 0 saturated carbocycles. The average Bonchev–Trinajstić information content (AvgIpc) is 1.54. The van der Waals surface area contributed by atoms with Gasteiger partial charge < -0.3 is 34.4 Å². The molecule has 8 nitrogen and oxygen atoms in total. The SMILES string of the molecule is NC(N)=O.NC(N)=O.NC(N)=S. The van der Waals surface area contributed by atoms with Gasteiger partial charge in [0, 0.05) is 0 Å². The number of hydrogen-bond donors (Lipinski definition) is 6. The third kappa shape index (κ3) is 137. The summed E-state index contributed by atoms with van der Waals surface area (Å²) in [4.78, 5) is 18.0. The van der Waals surface area contributed by atoms with Gasteiger partial charge in [0.25, 0.3) is 0 Å². The number of rotatable bonds is 0. The van der Waals surface area contributed by atoms with Gasteiger partial charge in [0.2, 0.25) is 0 Å². The minimum absolute atomic E-state index is 0.000000000000000222. The molecule has 0 aromatic heterocycles. The van der Waals surface area contributed by atoms with E-state index in [4.69, 9.17) is 9.59 Å². The summed E-state index contributed by atoms with van der Waals surface area (Å²) in [5.74, 6) is 0. The molecule has 12 N–H and O–H groups in total. The molecule has 0 aliphatic rings. The Balaban J connectivity index is -0.000000101. The lowest BCUT2D eigenvalue weighted by molar-refractivity contribution is 0.255. The van der Waals surface area contributed by atoms with Crippen molar-refractivity contribution in [3.05, 3.63) is 0 Å². The smallest absolute Gasteiger partial charge is 0.309 e. The molecule has 72 valence electrons. The second kappa shape index (κ2) is 12.0. The maximum Gasteiger partial charge on any atom is 0.309 e. The van der Waals surface area contributed by atoms with E-state index < -0.39 is 12.1 Å². The standard InChI is InChI=1S/2CH4N2O.CH4N2S/c3*2-1(3)4/h3*(H4,2,3,4). The number of nitrogens with two attached hydrogens (primary N) is 6. The van der Waals surface area contributed by atoms with Crippen molar-refractivity contribution in [1.29, 1.82) is 0 Å². The van der Waals surface area contributed by atoms with Crippen LogP contribution in [0.3, 0.4) is 0 Å². The van der Waals surface area contributed by atoms with Crippen LogP contribution in [0.25, 0.3) is 0 Å². The Bertz CT molecular complexity index is 118. The number of thiocarbonyl (C=S) groups is 1. The van der Waals surface area contributed by atoms with Gasteiger partial charge in [-0.15, -0.1) is 0 Å². The number of urea groups is 2. The summed E-state index contributed by atoms with van der Waals surface area (Å²) in [5, 5.41) is 0.000000000000000222. The highest BCUT2D eigenvalue weighted by molar-refractivity contribution is 7.80. The second-order valence-corrected chi connectivity index (χ2v) is 1.68. The van der Waals surface area contributed by atoms with Crippen LogP contribution in [0.15, 0.2) is 0 Å². The highest BCUT2D eigenvalue weighted by atomic mass is 32.1. The maximum absolute atomic E-state index is 9.00. The molecule has 0 saturated heterocycles. The lowest BCUT2D eigenvalue weighted by Crippen LogP contribution is -2.18. The van der Waals surface area contributed by atoms with Crippen LogP contribution in [0.1, 0.15) is 0 Å². The van der Waals surface area contributed by atoms with Crippen molar-refractivity contribution < 1.29 is 9.59 Å². The first-order valence-electron chi connectivity index (χ1n) is 2.34. The van der Waals surface area contributed by atoms with Crippen molar-refractivity contribution in [3.63, 3.8) is 0 Å². The predicted octanol–water partition coefficient (Wildman–Crippen LogP) is -2.76. The van der Waals surface area contributed by atoms with E-state index >= 15 is 0 Å². The second-order valence-electron chi connectivity index (χ2n) is 1.21. The molecule has 0 unspecified atom stereocenters. The van der Waals surface area contributed by atoms with Gasteiger partial charge in [0.05, 0.1) is 0 Å². The van der Waals surface area contributed by atoms with E-state index in [1.807, 2.05) is 0 Å². The quantitative estimate of drug-likeness (QED) is 0.228. The molecule has 0 spiro atoms. The largest absolute Gasteiger partial charge is 0.377 e. The van der Waals surface area contributed by atoms with Crippen LogP contribution in [0.4, 0.5) is 9.59 Å². The van der Waals surface area contributed by atoms with E-state index in [0.717, 1.165) is 0 Å². The minimum atomic E-state index is -0.833. The summed E-state index contributed by atoms with van der Waals surface area (Å²) in [6.45, 7) is 0. The van der Waals surface area contributed by atoms with E-state index in [9.17, 15) is 0 Å². The fourth-order valence-corrected chi connectivity index (χ4v) is 0. The van der Waals surface area contributed by atoms with Crippen molar-refractivity contribution >= 4 is 29.4 Å². The van der Waals surface area contributed by atoms with Crippen molar-refractivity contribution in [1.82, 2.24) is 0 Å². The van der Waals surface area contributed by atoms with Crippen molar-refractivity contribution in [3.8, 4) is 0 Å². The van der Waals surface area contributed by atoms with Gasteiger partial charge >= 0.3 is 12.1 Å². The molecular weight excluding hydrogens is 184 g/mol. The maximum atomic E-state index is 9.00. The Kier molecular flexibility index (Phi) is 16.6. The van der Waals surface area contributed by atoms with E-state index in [-0.39, 0.29) is 5.11 Å². The molecule has 0 atom stereocenters. The first kappa shape index (κ1) is 16.7. The first-order valence-corrected chi connectivity index (χ1v) is 2.75. The zero-order valence-corrected chi connectivity index (χ0v) is 7.01. The van der Waals surface area contributed by atoms with Crippen LogP contribution in [0.5, 0.6) is 0 Å². The van der Waals surface area contributed by atoms with E-state index in [2.05, 4.69) is 46.6 Å². The predicted molar refractivity (Wildman–Crippen MR) is 48.5 cm³/mol. The molecule has 0 fully saturated rings. The summed E-state index contributed by atoms with van der Waals surface area (Å²) in [5.41, 5.74) is 26.2. The molecule has 0 aliphatic heterocycles. The Morgan fingerprint density at radius 3 is 0.750 bits per heavy atom. The number of carbonyl (C=O) groups is 2. The molecule has 0 radical (unpaired) electrons. The average molecular weight is 196 g/mol. The fourth-order valence-electron chi connectivity index (χ4n) is 0. The third-order valence-corrected chi connectivity index (χ3v) is 0. The lowest BCUT2D eigenvalue weighted by atomic mass is 11.2. The van der Waals surface area contributed by atoms with Crippen LogP contribution in [-0.4, -0.2) is 17.2 Å². The molecule has 4 amide bonds. The monoisotopic (exact) mass is 196 g/mol. The zero-order chi connectivity index (χ0) is 10.7. The van der Waals surface area contributed by atoms with E-state index in [1.165, 1.54) is 0 Å². The van der Waals surface area contributed by atoms with Gasteiger partial charge in [-0.1, -0.05) is 0 Å². The highest BCUT2D eigenvalue weighted by Crippen LogP contribution is 1.32. The van der Waals surface area contributed by atoms with E-state index in [1.54, 1.807) is 0 Å². The number of hydrogen-bond acceptors (Lipinski definition) is 3. The summed E-state index contributed by atoms with van der Waals surface area (Å²) in [7, 11) is 0. The highest BCUT2D eigenvalue weighted by Gasteiger charge is 1.61. The van der Waals surface area contributed by atoms with E-state index in [0.29, 0.717) is 0 Å². The van der Waals surface area contributed by atoms with Crippen molar-refractivity contribution in [2.75, 3.05) is 0 Å². The third-order valence-electron chi connectivity index (χ3n) is 0. The number of amides is 4. The Labute approximate surface area is 74.2 Å². The topological polar surface area (TPSA) is 190 Å². The minimum Gasteiger partial charge on any atom is -0.377 e. The summed E-state index contributed by atoms with van der Waals surface area (Å²) in [6.07, 6.45) is 0. The van der Waals surface area contributed by atoms with Gasteiger partial charge in [-0.05, 0) is 12.2 Å². The van der Waals surface area contributed by atoms with Crippen molar-refractivity contribution in [2.45, 2.75) is 0 Å². The summed E-state index contributed by atoms with van der Waals surface area (Å²) < 4.78 is 0. The fraction of sp³-hybridized carbons (Fsp3) is 0. The summed E-state index contributed by atoms with van der Waals surface area (Å²) >= 11 is 4.09. The van der Waals surface area contributed by atoms with Gasteiger partial charge in [0.15, 0.2) is 5.11 Å². The molecule has 0 aromatic carbocycles. The normalized spacial score (nSPS) is 6.00. The van der Waals surface area contributed by atoms with Gasteiger partial charge in [-0.2, -0.15) is 0 Å². The van der Waals surface area contributed by atoms with Gasteiger partial charge in [-0.3, -0.25) is 0 Å². The van der Waals surface area contributed by atoms with Crippen LogP contribution in [0.2, 0.25) is 0 Å². The number of carbonyl (C=O) groups excluding carboxylic acids is 2. The molecule has 0 aliphatic carbocycles. The van der Waals surface area contributed by atoms with Crippen LogP contribution in [0, 0.1) is 0 Å². The van der Waals surface area contributed by atoms with Crippen LogP contribution >= 0.6 is 12.2 Å². The molecule has 0 bridgehead atoms. The van der Waals surface area contributed by atoms with Gasteiger partial charge in [0.1, 0.15) is 0 Å². The van der Waals surface area contributed by atoms with Gasteiger partial charge in [-0.25, -0.2) is 9.59 Å². The molecular formula is C3H12N6O2S. The number of primary amides is 4.